The number of hydrogen-bond donors (Lipinski definition) is 3. The van der Waals surface area contributed by atoms with E-state index in [0.29, 0.717) is 29.0 Å². The number of halogens is 2. The molecule has 3 aromatic rings. The highest BCUT2D eigenvalue weighted by molar-refractivity contribution is 7.16. The lowest BCUT2D eigenvalue weighted by Gasteiger charge is -2.27. The number of carbonyl (C=O) groups is 1. The minimum absolute atomic E-state index is 0.160. The standard InChI is InChI=1S/C25H32F2N4O4S/c1-6-28-22(32)17-10-15-16(12-31(5)23(33)20(15)29-17)21-18(35-13-14-8-7-9-30(14)4)11-19(36-21)25(26,27)24(2,3)34/h10-12,14,29,34H,6-9,13H2,1-5H3,(H,28,32). The molecule has 4 heterocycles. The Hall–Kier alpha value is -2.76. The smallest absolute Gasteiger partial charge is 0.309 e. The normalized spacial score (nSPS) is 17.2. The van der Waals surface area contributed by atoms with E-state index in [1.54, 1.807) is 26.2 Å². The van der Waals surface area contributed by atoms with Gasteiger partial charge in [0.15, 0.2) is 0 Å². The number of rotatable bonds is 8. The van der Waals surface area contributed by atoms with Crippen molar-refractivity contribution >= 4 is 28.1 Å². The highest BCUT2D eigenvalue weighted by Crippen LogP contribution is 2.49. The van der Waals surface area contributed by atoms with E-state index in [1.165, 1.54) is 10.6 Å². The summed E-state index contributed by atoms with van der Waals surface area (Å²) < 4.78 is 37.9. The van der Waals surface area contributed by atoms with Gasteiger partial charge in [0, 0.05) is 42.8 Å². The fraction of sp³-hybridized carbons (Fsp3) is 0.520. The van der Waals surface area contributed by atoms with E-state index in [2.05, 4.69) is 15.2 Å². The second-order valence-electron chi connectivity index (χ2n) is 9.82. The van der Waals surface area contributed by atoms with E-state index in [0.717, 1.165) is 44.6 Å². The van der Waals surface area contributed by atoms with Crippen LogP contribution in [0.3, 0.4) is 0 Å². The third-order valence-electron chi connectivity index (χ3n) is 6.67. The van der Waals surface area contributed by atoms with Crippen LogP contribution in [0, 0.1) is 0 Å². The number of pyridine rings is 1. The van der Waals surface area contributed by atoms with Gasteiger partial charge >= 0.3 is 5.92 Å². The Morgan fingerprint density at radius 2 is 2.06 bits per heavy atom. The number of likely N-dealkylation sites (tertiary alicyclic amines) is 1. The summed E-state index contributed by atoms with van der Waals surface area (Å²) in [6.45, 7) is 5.59. The summed E-state index contributed by atoms with van der Waals surface area (Å²) in [4.78, 5) is 30.4. The number of carbonyl (C=O) groups excluding carboxylic acids is 1. The van der Waals surface area contributed by atoms with Gasteiger partial charge in [0.05, 0.1) is 9.75 Å². The van der Waals surface area contributed by atoms with Gasteiger partial charge in [0.1, 0.15) is 29.2 Å². The molecule has 0 spiro atoms. The first-order valence-corrected chi connectivity index (χ1v) is 12.7. The maximum Gasteiger partial charge on any atom is 0.309 e. The number of nitrogens with zero attached hydrogens (tertiary/aromatic N) is 2. The van der Waals surface area contributed by atoms with Crippen LogP contribution in [0.15, 0.2) is 23.1 Å². The molecule has 8 nitrogen and oxygen atoms in total. The van der Waals surface area contributed by atoms with E-state index < -0.39 is 11.5 Å². The number of likely N-dealkylation sites (N-methyl/N-ethyl adjacent to an activating group) is 1. The van der Waals surface area contributed by atoms with Crippen LogP contribution in [-0.4, -0.2) is 63.9 Å². The summed E-state index contributed by atoms with van der Waals surface area (Å²) in [5.41, 5.74) is -1.77. The van der Waals surface area contributed by atoms with Crippen molar-refractivity contribution in [2.45, 2.75) is 51.2 Å². The first-order valence-electron chi connectivity index (χ1n) is 11.9. The molecule has 0 aliphatic carbocycles. The molecular weight excluding hydrogens is 490 g/mol. The second-order valence-corrected chi connectivity index (χ2v) is 10.9. The van der Waals surface area contributed by atoms with Crippen molar-refractivity contribution < 1.29 is 23.4 Å². The summed E-state index contributed by atoms with van der Waals surface area (Å²) in [6, 6.07) is 2.99. The average Bonchev–Trinajstić information content (AvgIpc) is 3.53. The number of aromatic amines is 1. The number of hydrogen-bond acceptors (Lipinski definition) is 6. The monoisotopic (exact) mass is 522 g/mol. The Kier molecular flexibility index (Phi) is 7.02. The van der Waals surface area contributed by atoms with Crippen LogP contribution in [0.4, 0.5) is 8.78 Å². The predicted octanol–water partition coefficient (Wildman–Crippen LogP) is 3.68. The maximum atomic E-state index is 15.2. The van der Waals surface area contributed by atoms with Crippen LogP contribution in [0.1, 0.15) is 49.0 Å². The molecule has 11 heteroatoms. The van der Waals surface area contributed by atoms with Gasteiger partial charge in [-0.05, 0) is 53.3 Å². The first kappa shape index (κ1) is 26.3. The highest BCUT2D eigenvalue weighted by Gasteiger charge is 2.49. The van der Waals surface area contributed by atoms with Gasteiger partial charge in [-0.2, -0.15) is 8.78 Å². The Morgan fingerprint density at radius 1 is 1.33 bits per heavy atom. The van der Waals surface area contributed by atoms with Crippen molar-refractivity contribution in [2.24, 2.45) is 7.05 Å². The molecule has 3 aromatic heterocycles. The van der Waals surface area contributed by atoms with Crippen molar-refractivity contribution in [1.29, 1.82) is 0 Å². The minimum Gasteiger partial charge on any atom is -0.490 e. The Bertz CT molecular complexity index is 1340. The second kappa shape index (κ2) is 9.60. The van der Waals surface area contributed by atoms with Gasteiger partial charge < -0.3 is 29.6 Å². The number of ether oxygens (including phenoxy) is 1. The fourth-order valence-corrected chi connectivity index (χ4v) is 5.65. The van der Waals surface area contributed by atoms with E-state index in [1.807, 2.05) is 7.05 Å². The van der Waals surface area contributed by atoms with Gasteiger partial charge in [-0.1, -0.05) is 0 Å². The molecule has 1 saturated heterocycles. The zero-order valence-corrected chi connectivity index (χ0v) is 21.9. The molecule has 1 unspecified atom stereocenters. The van der Waals surface area contributed by atoms with Crippen molar-refractivity contribution in [3.8, 4) is 16.2 Å². The van der Waals surface area contributed by atoms with Crippen molar-refractivity contribution in [3.63, 3.8) is 0 Å². The molecule has 0 radical (unpaired) electrons. The number of alkyl halides is 2. The molecule has 1 amide bonds. The lowest BCUT2D eigenvalue weighted by atomic mass is 9.99. The Morgan fingerprint density at radius 3 is 2.67 bits per heavy atom. The first-order chi connectivity index (χ1) is 16.8. The van der Waals surface area contributed by atoms with Crippen LogP contribution in [0.25, 0.3) is 21.3 Å². The quantitative estimate of drug-likeness (QED) is 0.419. The number of amides is 1. The molecule has 196 valence electrons. The molecule has 1 aliphatic rings. The molecule has 0 aromatic carbocycles. The average molecular weight is 523 g/mol. The lowest BCUT2D eigenvalue weighted by molar-refractivity contribution is -0.166. The zero-order valence-electron chi connectivity index (χ0n) is 21.1. The van der Waals surface area contributed by atoms with Gasteiger partial charge in [0.25, 0.3) is 11.5 Å². The summed E-state index contributed by atoms with van der Waals surface area (Å²) in [6.07, 6.45) is 3.54. The van der Waals surface area contributed by atoms with E-state index in [-0.39, 0.29) is 39.3 Å². The minimum atomic E-state index is -3.54. The molecule has 1 fully saturated rings. The SMILES string of the molecule is CCNC(=O)c1cc2c(-c3sc(C(F)(F)C(C)(C)O)cc3OCC3CCCN3C)cn(C)c(=O)c2[nH]1. The van der Waals surface area contributed by atoms with Crippen molar-refractivity contribution in [3.05, 3.63) is 39.3 Å². The molecule has 0 saturated carbocycles. The van der Waals surface area contributed by atoms with Crippen LogP contribution in [0.2, 0.25) is 0 Å². The van der Waals surface area contributed by atoms with E-state index in [9.17, 15) is 14.7 Å². The molecule has 0 bridgehead atoms. The summed E-state index contributed by atoms with van der Waals surface area (Å²) in [5.74, 6) is -3.66. The van der Waals surface area contributed by atoms with E-state index in [4.69, 9.17) is 4.74 Å². The molecular formula is C25H32F2N4O4S. The topological polar surface area (TPSA) is 99.6 Å². The number of aromatic nitrogens is 2. The Labute approximate surface area is 211 Å². The maximum absolute atomic E-state index is 15.2. The number of aryl methyl sites for hydroxylation is 1. The number of aliphatic hydroxyl groups is 1. The zero-order chi connectivity index (χ0) is 26.4. The molecule has 1 aliphatic heterocycles. The Balaban J connectivity index is 1.88. The van der Waals surface area contributed by atoms with Gasteiger partial charge in [0.2, 0.25) is 0 Å². The number of fused-ring (bicyclic) bond motifs is 1. The van der Waals surface area contributed by atoms with Gasteiger partial charge in [-0.15, -0.1) is 11.3 Å². The van der Waals surface area contributed by atoms with Gasteiger partial charge in [-0.25, -0.2) is 0 Å². The number of H-pyrrole nitrogens is 1. The lowest BCUT2D eigenvalue weighted by Crippen LogP contribution is -2.39. The highest BCUT2D eigenvalue weighted by atomic mass is 32.1. The van der Waals surface area contributed by atoms with Crippen LogP contribution >= 0.6 is 11.3 Å². The molecule has 1 atom stereocenters. The van der Waals surface area contributed by atoms with Crippen LogP contribution in [-0.2, 0) is 13.0 Å². The summed E-state index contributed by atoms with van der Waals surface area (Å²) in [7, 11) is 3.56. The molecule has 3 N–H and O–H groups in total. The largest absolute Gasteiger partial charge is 0.490 e. The van der Waals surface area contributed by atoms with E-state index >= 15 is 8.78 Å². The fourth-order valence-electron chi connectivity index (χ4n) is 4.39. The third-order valence-corrected chi connectivity index (χ3v) is 7.89. The summed E-state index contributed by atoms with van der Waals surface area (Å²) in [5, 5.41) is 13.3. The predicted molar refractivity (Wildman–Crippen MR) is 136 cm³/mol. The third kappa shape index (κ3) is 4.67. The van der Waals surface area contributed by atoms with Crippen LogP contribution in [0.5, 0.6) is 5.75 Å². The summed E-state index contributed by atoms with van der Waals surface area (Å²) >= 11 is 0.809. The molecule has 36 heavy (non-hydrogen) atoms. The van der Waals surface area contributed by atoms with Gasteiger partial charge in [-0.3, -0.25) is 9.59 Å². The van der Waals surface area contributed by atoms with Crippen molar-refractivity contribution in [2.75, 3.05) is 26.7 Å². The number of nitrogens with one attached hydrogen (secondary N) is 2. The van der Waals surface area contributed by atoms with Crippen LogP contribution < -0.4 is 15.6 Å². The van der Waals surface area contributed by atoms with Crippen molar-refractivity contribution in [1.82, 2.24) is 19.8 Å². The molecule has 4 rings (SSSR count). The number of thiophene rings is 1.